The van der Waals surface area contributed by atoms with E-state index in [-0.39, 0.29) is 11.6 Å². The second-order valence-corrected chi connectivity index (χ2v) is 6.20. The summed E-state index contributed by atoms with van der Waals surface area (Å²) in [5.74, 6) is -0.979. The van der Waals surface area contributed by atoms with E-state index >= 15 is 0 Å². The van der Waals surface area contributed by atoms with E-state index in [1.165, 1.54) is 12.1 Å². The average molecular weight is 357 g/mol. The van der Waals surface area contributed by atoms with Crippen LogP contribution in [0.25, 0.3) is 0 Å². The van der Waals surface area contributed by atoms with Crippen LogP contribution in [0.1, 0.15) is 40.9 Å². The summed E-state index contributed by atoms with van der Waals surface area (Å²) in [6.45, 7) is 3.87. The minimum Gasteiger partial charge on any atom is -0.344 e. The highest BCUT2D eigenvalue weighted by atomic mass is 79.9. The van der Waals surface area contributed by atoms with Gasteiger partial charge in [0.2, 0.25) is 0 Å². The van der Waals surface area contributed by atoms with Crippen molar-refractivity contribution in [3.05, 3.63) is 50.1 Å². The molecule has 6 heteroatoms. The fraction of sp³-hybridized carbons (Fsp3) is 0.286. The second kappa shape index (κ2) is 6.45. The van der Waals surface area contributed by atoms with Crippen LogP contribution in [0.2, 0.25) is 0 Å². The van der Waals surface area contributed by atoms with Crippen molar-refractivity contribution in [2.24, 2.45) is 0 Å². The van der Waals surface area contributed by atoms with Gasteiger partial charge in [-0.3, -0.25) is 4.79 Å². The van der Waals surface area contributed by atoms with E-state index in [1.807, 2.05) is 19.2 Å². The van der Waals surface area contributed by atoms with Gasteiger partial charge in [-0.1, -0.05) is 22.9 Å². The molecule has 1 aromatic heterocycles. The Bertz CT molecular complexity index is 629. The molecular formula is C14H14BrFN2OS. The van der Waals surface area contributed by atoms with Gasteiger partial charge in [0, 0.05) is 9.85 Å². The van der Waals surface area contributed by atoms with Gasteiger partial charge >= 0.3 is 0 Å². The molecular weight excluding hydrogens is 343 g/mol. The number of hydrogen-bond donors (Lipinski definition) is 1. The first-order valence-corrected chi connectivity index (χ1v) is 7.88. The summed E-state index contributed by atoms with van der Waals surface area (Å²) in [4.78, 5) is 16.5. The van der Waals surface area contributed by atoms with E-state index in [1.54, 1.807) is 17.4 Å². The molecule has 106 valence electrons. The van der Waals surface area contributed by atoms with E-state index in [2.05, 4.69) is 26.2 Å². The van der Waals surface area contributed by atoms with Crippen molar-refractivity contribution < 1.29 is 9.18 Å². The number of benzene rings is 1. The van der Waals surface area contributed by atoms with E-state index in [0.29, 0.717) is 4.47 Å². The number of nitrogens with one attached hydrogen (secondary N) is 1. The van der Waals surface area contributed by atoms with Crippen LogP contribution in [0.3, 0.4) is 0 Å². The number of aromatic nitrogens is 1. The third-order valence-corrected chi connectivity index (χ3v) is 4.34. The van der Waals surface area contributed by atoms with E-state index < -0.39 is 11.7 Å². The first kappa shape index (κ1) is 15.1. The smallest absolute Gasteiger partial charge is 0.254 e. The van der Waals surface area contributed by atoms with E-state index in [9.17, 15) is 9.18 Å². The molecule has 1 aromatic carbocycles. The molecule has 0 bridgehead atoms. The summed E-state index contributed by atoms with van der Waals surface area (Å²) in [5, 5.41) is 5.70. The van der Waals surface area contributed by atoms with Crippen LogP contribution in [-0.2, 0) is 6.42 Å². The van der Waals surface area contributed by atoms with Crippen molar-refractivity contribution >= 4 is 33.2 Å². The lowest BCUT2D eigenvalue weighted by atomic mass is 10.1. The number of rotatable bonds is 4. The molecule has 0 aliphatic heterocycles. The zero-order valence-electron chi connectivity index (χ0n) is 11.1. The third-order valence-electron chi connectivity index (χ3n) is 2.84. The highest BCUT2D eigenvalue weighted by Gasteiger charge is 2.17. The molecule has 0 aliphatic carbocycles. The molecule has 20 heavy (non-hydrogen) atoms. The number of hydrogen-bond acceptors (Lipinski definition) is 3. The number of halogens is 2. The Kier molecular flexibility index (Phi) is 4.88. The Balaban J connectivity index is 2.12. The zero-order chi connectivity index (χ0) is 14.7. The predicted molar refractivity (Wildman–Crippen MR) is 81.5 cm³/mol. The summed E-state index contributed by atoms with van der Waals surface area (Å²) < 4.78 is 14.3. The number of carbonyl (C=O) groups is 1. The number of aryl methyl sites for hydroxylation is 1. The Morgan fingerprint density at radius 3 is 2.95 bits per heavy atom. The maximum absolute atomic E-state index is 13.6. The van der Waals surface area contributed by atoms with Gasteiger partial charge in [-0.25, -0.2) is 9.37 Å². The molecule has 3 nitrogen and oxygen atoms in total. The molecule has 0 saturated heterocycles. The minimum atomic E-state index is -0.537. The van der Waals surface area contributed by atoms with Crippen molar-refractivity contribution in [1.29, 1.82) is 0 Å². The minimum absolute atomic E-state index is 0.0252. The monoisotopic (exact) mass is 356 g/mol. The number of nitrogens with zero attached hydrogens (tertiary/aromatic N) is 1. The molecule has 1 heterocycles. The van der Waals surface area contributed by atoms with Crippen LogP contribution < -0.4 is 5.32 Å². The van der Waals surface area contributed by atoms with Gasteiger partial charge in [0.05, 0.1) is 22.3 Å². The van der Waals surface area contributed by atoms with Crippen LogP contribution >= 0.6 is 27.3 Å². The largest absolute Gasteiger partial charge is 0.344 e. The average Bonchev–Trinajstić information content (AvgIpc) is 2.90. The lowest BCUT2D eigenvalue weighted by Gasteiger charge is -2.12. The molecule has 1 atom stereocenters. The van der Waals surface area contributed by atoms with Crippen molar-refractivity contribution in [1.82, 2.24) is 10.3 Å². The lowest BCUT2D eigenvalue weighted by Crippen LogP contribution is -2.27. The molecule has 1 unspecified atom stereocenters. The van der Waals surface area contributed by atoms with Gasteiger partial charge in [-0.15, -0.1) is 11.3 Å². The number of thiazole rings is 1. The van der Waals surface area contributed by atoms with Crippen LogP contribution in [0.15, 0.2) is 28.1 Å². The quantitative estimate of drug-likeness (QED) is 0.895. The topological polar surface area (TPSA) is 42.0 Å². The first-order chi connectivity index (χ1) is 9.51. The molecule has 2 aromatic rings. The summed E-state index contributed by atoms with van der Waals surface area (Å²) >= 11 is 4.79. The fourth-order valence-corrected chi connectivity index (χ4v) is 2.91. The molecule has 2 rings (SSSR count). The number of amides is 1. The van der Waals surface area contributed by atoms with E-state index in [4.69, 9.17) is 0 Å². The van der Waals surface area contributed by atoms with Gasteiger partial charge in [0.1, 0.15) is 5.82 Å². The number of carbonyl (C=O) groups excluding carboxylic acids is 1. The van der Waals surface area contributed by atoms with Crippen LogP contribution in [-0.4, -0.2) is 10.9 Å². The highest BCUT2D eigenvalue weighted by molar-refractivity contribution is 9.10. The lowest BCUT2D eigenvalue weighted by molar-refractivity contribution is 0.0935. The maximum atomic E-state index is 13.6. The Morgan fingerprint density at radius 2 is 2.30 bits per heavy atom. The van der Waals surface area contributed by atoms with Gasteiger partial charge in [-0.05, 0) is 31.5 Å². The van der Waals surface area contributed by atoms with Gasteiger partial charge in [0.15, 0.2) is 0 Å². The van der Waals surface area contributed by atoms with Crippen molar-refractivity contribution in [2.75, 3.05) is 0 Å². The van der Waals surface area contributed by atoms with Crippen LogP contribution in [0, 0.1) is 5.82 Å². The molecule has 1 N–H and O–H groups in total. The Labute approximate surface area is 129 Å². The fourth-order valence-electron chi connectivity index (χ4n) is 1.71. The van der Waals surface area contributed by atoms with Crippen LogP contribution in [0.5, 0.6) is 0 Å². The Morgan fingerprint density at radius 1 is 1.55 bits per heavy atom. The van der Waals surface area contributed by atoms with Gasteiger partial charge in [0.25, 0.3) is 5.91 Å². The molecule has 1 amide bonds. The molecule has 0 radical (unpaired) electrons. The maximum Gasteiger partial charge on any atom is 0.254 e. The Hall–Kier alpha value is -1.27. The first-order valence-electron chi connectivity index (χ1n) is 6.21. The van der Waals surface area contributed by atoms with Crippen molar-refractivity contribution in [2.45, 2.75) is 26.3 Å². The standard InChI is InChI=1S/C14H14BrFN2OS/c1-3-13-18-12(7-20-13)8(2)17-14(19)10-6-9(15)4-5-11(10)16/h4-8H,3H2,1-2H3,(H,17,19). The van der Waals surface area contributed by atoms with Crippen LogP contribution in [0.4, 0.5) is 4.39 Å². The van der Waals surface area contributed by atoms with Gasteiger partial charge in [-0.2, -0.15) is 0 Å². The SMILES string of the molecule is CCc1nc(C(C)NC(=O)c2cc(Br)ccc2F)cs1. The molecule has 0 aliphatic rings. The summed E-state index contributed by atoms with van der Waals surface area (Å²) in [6.07, 6.45) is 0.867. The van der Waals surface area contributed by atoms with Crippen molar-refractivity contribution in [3.8, 4) is 0 Å². The van der Waals surface area contributed by atoms with Gasteiger partial charge < -0.3 is 5.32 Å². The van der Waals surface area contributed by atoms with Crippen molar-refractivity contribution in [3.63, 3.8) is 0 Å². The highest BCUT2D eigenvalue weighted by Crippen LogP contribution is 2.19. The second-order valence-electron chi connectivity index (χ2n) is 4.34. The summed E-state index contributed by atoms with van der Waals surface area (Å²) in [7, 11) is 0. The zero-order valence-corrected chi connectivity index (χ0v) is 13.5. The van der Waals surface area contributed by atoms with E-state index in [0.717, 1.165) is 17.1 Å². The molecule has 0 spiro atoms. The molecule has 0 saturated carbocycles. The molecule has 0 fully saturated rings. The normalized spacial score (nSPS) is 12.2. The predicted octanol–water partition coefficient (Wildman–Crippen LogP) is 4.10. The summed E-state index contributed by atoms with van der Waals surface area (Å²) in [6, 6.07) is 4.04. The third kappa shape index (κ3) is 3.43. The summed E-state index contributed by atoms with van der Waals surface area (Å²) in [5.41, 5.74) is 0.827.